The Kier molecular flexibility index (Phi) is 7.06. The van der Waals surface area contributed by atoms with E-state index in [9.17, 15) is 8.42 Å². The van der Waals surface area contributed by atoms with Gasteiger partial charge < -0.3 is 14.8 Å². The molecule has 0 fully saturated rings. The van der Waals surface area contributed by atoms with E-state index in [2.05, 4.69) is 10.4 Å². The highest BCUT2D eigenvalue weighted by Crippen LogP contribution is 2.38. The van der Waals surface area contributed by atoms with Gasteiger partial charge in [-0.05, 0) is 42.3 Å². The minimum absolute atomic E-state index is 0.0572. The highest BCUT2D eigenvalue weighted by Gasteiger charge is 2.29. The number of likely N-dealkylation sites (N-methyl/N-ethyl adjacent to an activating group) is 1. The first-order valence-corrected chi connectivity index (χ1v) is 13.6. The number of ether oxygens (including phenoxy) is 2. The van der Waals surface area contributed by atoms with Crippen molar-refractivity contribution in [2.24, 2.45) is 0 Å². The highest BCUT2D eigenvalue weighted by atomic mass is 35.5. The fraction of sp³-hybridized carbons (Fsp3) is 0.179. The van der Waals surface area contributed by atoms with Crippen LogP contribution in [0, 0.1) is 0 Å². The molecule has 1 N–H and O–H groups in total. The Morgan fingerprint density at radius 3 is 2.54 bits per heavy atom. The molecule has 37 heavy (non-hydrogen) atoms. The lowest BCUT2D eigenvalue weighted by atomic mass is 10.1. The van der Waals surface area contributed by atoms with Crippen molar-refractivity contribution in [2.45, 2.75) is 16.5 Å². The molecule has 0 spiro atoms. The van der Waals surface area contributed by atoms with E-state index in [4.69, 9.17) is 21.1 Å². The molecule has 0 aliphatic rings. The summed E-state index contributed by atoms with van der Waals surface area (Å²) in [5, 5.41) is 10.1. The summed E-state index contributed by atoms with van der Waals surface area (Å²) in [4.78, 5) is 0.195. The number of hydrogen-bond acceptors (Lipinski definition) is 6. The van der Waals surface area contributed by atoms with Crippen LogP contribution >= 0.6 is 11.6 Å². The Labute approximate surface area is 220 Å². The Morgan fingerprint density at radius 1 is 0.973 bits per heavy atom. The number of rotatable bonds is 9. The van der Waals surface area contributed by atoms with E-state index in [-0.39, 0.29) is 9.92 Å². The fourth-order valence-electron chi connectivity index (χ4n) is 4.37. The van der Waals surface area contributed by atoms with Gasteiger partial charge in [0.05, 0.1) is 18.6 Å². The Morgan fingerprint density at radius 2 is 1.76 bits per heavy atom. The molecule has 0 saturated heterocycles. The monoisotopic (exact) mass is 535 g/mol. The van der Waals surface area contributed by atoms with E-state index in [1.54, 1.807) is 41.1 Å². The summed E-state index contributed by atoms with van der Waals surface area (Å²) < 4.78 is 41.6. The summed E-state index contributed by atoms with van der Waals surface area (Å²) in [5.74, 6) is 0.960. The van der Waals surface area contributed by atoms with Crippen molar-refractivity contribution in [1.29, 1.82) is 0 Å². The number of benzene rings is 4. The molecule has 0 unspecified atom stereocenters. The molecule has 9 heteroatoms. The molecular weight excluding hydrogens is 510 g/mol. The lowest BCUT2D eigenvalue weighted by molar-refractivity contribution is 0.318. The molecule has 0 atom stereocenters. The maximum atomic E-state index is 14.2. The van der Waals surface area contributed by atoms with Crippen LogP contribution in [0.3, 0.4) is 0 Å². The minimum Gasteiger partial charge on any atom is -0.497 e. The topological polar surface area (TPSA) is 82.4 Å². The summed E-state index contributed by atoms with van der Waals surface area (Å²) in [7, 11) is -0.649. The van der Waals surface area contributed by atoms with Crippen molar-refractivity contribution in [3.63, 3.8) is 0 Å². The molecule has 0 aliphatic heterocycles. The highest BCUT2D eigenvalue weighted by molar-refractivity contribution is 7.91. The maximum Gasteiger partial charge on any atom is 0.226 e. The van der Waals surface area contributed by atoms with Gasteiger partial charge >= 0.3 is 0 Å². The van der Waals surface area contributed by atoms with E-state index in [0.29, 0.717) is 52.5 Å². The van der Waals surface area contributed by atoms with Gasteiger partial charge in [0.1, 0.15) is 23.6 Å². The van der Waals surface area contributed by atoms with E-state index in [1.165, 1.54) is 7.11 Å². The predicted molar refractivity (Wildman–Crippen MR) is 146 cm³/mol. The van der Waals surface area contributed by atoms with Crippen molar-refractivity contribution in [3.8, 4) is 11.5 Å². The zero-order valence-electron chi connectivity index (χ0n) is 20.4. The van der Waals surface area contributed by atoms with Gasteiger partial charge in [0, 0.05) is 28.4 Å². The average molecular weight is 536 g/mol. The number of halogens is 1. The lowest BCUT2D eigenvalue weighted by Gasteiger charge is -2.12. The quantitative estimate of drug-likeness (QED) is 0.257. The number of methoxy groups -OCH3 is 1. The molecular formula is C28H26ClN3O4S. The van der Waals surface area contributed by atoms with E-state index in [0.717, 1.165) is 10.9 Å². The third-order valence-corrected chi connectivity index (χ3v) is 8.09. The first kappa shape index (κ1) is 25.1. The van der Waals surface area contributed by atoms with Crippen LogP contribution in [0.1, 0.15) is 5.56 Å². The van der Waals surface area contributed by atoms with Crippen LogP contribution < -0.4 is 14.8 Å². The molecule has 0 amide bonds. The molecule has 0 radical (unpaired) electrons. The van der Waals surface area contributed by atoms with Crippen molar-refractivity contribution < 1.29 is 17.9 Å². The molecule has 190 valence electrons. The van der Waals surface area contributed by atoms with Gasteiger partial charge in [-0.15, -0.1) is 0 Å². The molecule has 7 nitrogen and oxygen atoms in total. The van der Waals surface area contributed by atoms with E-state index in [1.807, 2.05) is 49.5 Å². The smallest absolute Gasteiger partial charge is 0.226 e. The Bertz CT molecular complexity index is 1690. The predicted octanol–water partition coefficient (Wildman–Crippen LogP) is 5.33. The van der Waals surface area contributed by atoms with Crippen molar-refractivity contribution >= 4 is 43.1 Å². The molecule has 5 aromatic rings. The van der Waals surface area contributed by atoms with Crippen LogP contribution in [0.2, 0.25) is 5.02 Å². The van der Waals surface area contributed by atoms with Gasteiger partial charge in [-0.2, -0.15) is 5.10 Å². The largest absolute Gasteiger partial charge is 0.497 e. The van der Waals surface area contributed by atoms with Crippen LogP contribution in [0.25, 0.3) is 21.7 Å². The van der Waals surface area contributed by atoms with Gasteiger partial charge in [-0.1, -0.05) is 60.1 Å². The average Bonchev–Trinajstić information content (AvgIpc) is 3.27. The first-order chi connectivity index (χ1) is 17.9. The maximum absolute atomic E-state index is 14.2. The van der Waals surface area contributed by atoms with Crippen LogP contribution in [-0.2, 0) is 16.4 Å². The number of fused-ring (bicyclic) bond motifs is 2. The second kappa shape index (κ2) is 10.4. The number of nitrogens with zero attached hydrogens (tertiary/aromatic N) is 2. The number of nitrogens with one attached hydrogen (secondary N) is 1. The fourth-order valence-corrected chi connectivity index (χ4v) is 6.18. The molecule has 4 aromatic carbocycles. The molecule has 5 rings (SSSR count). The lowest BCUT2D eigenvalue weighted by Crippen LogP contribution is -2.16. The van der Waals surface area contributed by atoms with Crippen molar-refractivity contribution in [1.82, 2.24) is 15.1 Å². The molecule has 1 aromatic heterocycles. The second-order valence-electron chi connectivity index (χ2n) is 8.55. The van der Waals surface area contributed by atoms with Crippen LogP contribution in [0.5, 0.6) is 11.5 Å². The second-order valence-corrected chi connectivity index (χ2v) is 10.8. The summed E-state index contributed by atoms with van der Waals surface area (Å²) >= 11 is 6.22. The van der Waals surface area contributed by atoms with Gasteiger partial charge in [0.25, 0.3) is 0 Å². The Balaban J connectivity index is 1.76. The Hall–Kier alpha value is -3.59. The van der Waals surface area contributed by atoms with Crippen molar-refractivity contribution in [2.75, 3.05) is 27.3 Å². The summed E-state index contributed by atoms with van der Waals surface area (Å²) in [5.41, 5.74) is 1.44. The SMILES string of the molecule is CNCCOc1cc(OC)cc2c(S(=O)(=O)c3cccc4ccccc34)nn(Cc3cccc(Cl)c3)c12. The zero-order valence-corrected chi connectivity index (χ0v) is 22.0. The van der Waals surface area contributed by atoms with Crippen LogP contribution in [0.15, 0.2) is 88.8 Å². The number of sulfone groups is 1. The normalized spacial score (nSPS) is 11.8. The zero-order chi connectivity index (χ0) is 26.0. The molecule has 0 saturated carbocycles. The third kappa shape index (κ3) is 4.87. The van der Waals surface area contributed by atoms with Gasteiger partial charge in [-0.25, -0.2) is 8.42 Å². The summed E-state index contributed by atoms with van der Waals surface area (Å²) in [6.07, 6.45) is 0. The van der Waals surface area contributed by atoms with Crippen molar-refractivity contribution in [3.05, 3.63) is 89.4 Å². The van der Waals surface area contributed by atoms with Crippen LogP contribution in [-0.4, -0.2) is 45.5 Å². The third-order valence-electron chi connectivity index (χ3n) is 6.11. The van der Waals surface area contributed by atoms with E-state index >= 15 is 0 Å². The van der Waals surface area contributed by atoms with Gasteiger partial charge in [0.2, 0.25) is 9.84 Å². The molecule has 0 bridgehead atoms. The van der Waals surface area contributed by atoms with Gasteiger partial charge in [0.15, 0.2) is 5.03 Å². The first-order valence-electron chi connectivity index (χ1n) is 11.8. The standard InChI is InChI=1S/C28H26ClN3O4S/c1-30-13-14-36-25-17-22(35-2)16-24-27(25)32(18-19-7-5-10-21(29)15-19)31-28(24)37(33,34)26-12-6-9-20-8-3-4-11-23(20)26/h3-12,15-17,30H,13-14,18H2,1-2H3. The number of hydrogen-bond donors (Lipinski definition) is 1. The molecule has 0 aliphatic carbocycles. The summed E-state index contributed by atoms with van der Waals surface area (Å²) in [6.45, 7) is 1.30. The van der Waals surface area contributed by atoms with Crippen LogP contribution in [0.4, 0.5) is 0 Å². The van der Waals surface area contributed by atoms with E-state index < -0.39 is 9.84 Å². The van der Waals surface area contributed by atoms with Gasteiger partial charge in [-0.3, -0.25) is 4.68 Å². The summed E-state index contributed by atoms with van der Waals surface area (Å²) in [6, 6.07) is 23.5. The minimum atomic E-state index is -4.02. The molecule has 1 heterocycles. The number of aromatic nitrogens is 2.